The van der Waals surface area contributed by atoms with E-state index in [2.05, 4.69) is 17.9 Å². The van der Waals surface area contributed by atoms with E-state index in [9.17, 15) is 9.59 Å². The molecule has 88 valence electrons. The first-order valence-electron chi connectivity index (χ1n) is 4.68. The Bertz CT molecular complexity index is 413. The number of carbonyl (C=O) groups excluding carboxylic acids is 2. The number of nitrogens with one attached hydrogen (secondary N) is 1. The number of hydrogen-bond donors (Lipinski definition) is 3. The van der Waals surface area contributed by atoms with Gasteiger partial charge in [0.05, 0.1) is 10.3 Å². The van der Waals surface area contributed by atoms with E-state index in [1.54, 1.807) is 25.3 Å². The molecule has 0 aliphatic heterocycles. The van der Waals surface area contributed by atoms with Gasteiger partial charge in [-0.2, -0.15) is 0 Å². The number of thiol groups is 1. The predicted octanol–water partition coefficient (Wildman–Crippen LogP) is 1.28. The van der Waals surface area contributed by atoms with Gasteiger partial charge in [-0.3, -0.25) is 9.59 Å². The lowest BCUT2D eigenvalue weighted by Gasteiger charge is -2.20. The highest BCUT2D eigenvalue weighted by atomic mass is 32.1. The highest BCUT2D eigenvalue weighted by Gasteiger charge is 2.25. The fourth-order valence-electron chi connectivity index (χ4n) is 0.921. The second-order valence-electron chi connectivity index (χ2n) is 4.10. The van der Waals surface area contributed by atoms with Crippen LogP contribution in [0.4, 0.5) is 0 Å². The van der Waals surface area contributed by atoms with Crippen LogP contribution < -0.4 is 11.1 Å². The Morgan fingerprint density at radius 1 is 1.56 bits per heavy atom. The molecule has 0 unspecified atom stereocenters. The molecule has 2 amide bonds. The summed E-state index contributed by atoms with van der Waals surface area (Å²) in [7, 11) is 0. The van der Waals surface area contributed by atoms with Gasteiger partial charge in [-0.25, -0.2) is 0 Å². The van der Waals surface area contributed by atoms with Crippen molar-refractivity contribution < 1.29 is 9.59 Å². The number of thiophene rings is 1. The first kappa shape index (κ1) is 13.1. The maximum absolute atomic E-state index is 11.6. The first-order valence-corrected chi connectivity index (χ1v) is 6.01. The lowest BCUT2D eigenvalue weighted by atomic mass is 9.93. The number of hydrogen-bond acceptors (Lipinski definition) is 4. The van der Waals surface area contributed by atoms with Crippen LogP contribution in [0.2, 0.25) is 0 Å². The van der Waals surface area contributed by atoms with Crippen molar-refractivity contribution in [1.82, 2.24) is 5.32 Å². The van der Waals surface area contributed by atoms with Crippen LogP contribution in [0.25, 0.3) is 0 Å². The molecule has 1 aromatic heterocycles. The normalized spacial score (nSPS) is 11.2. The quantitative estimate of drug-likeness (QED) is 0.712. The molecule has 0 radical (unpaired) electrons. The van der Waals surface area contributed by atoms with Crippen LogP contribution in [0, 0.1) is 5.41 Å². The average Bonchev–Trinajstić information content (AvgIpc) is 2.61. The van der Waals surface area contributed by atoms with Gasteiger partial charge in [0.1, 0.15) is 0 Å². The first-order chi connectivity index (χ1) is 7.33. The molecule has 0 fully saturated rings. The number of rotatable bonds is 4. The second-order valence-corrected chi connectivity index (χ2v) is 5.53. The zero-order valence-corrected chi connectivity index (χ0v) is 10.8. The molecular formula is C10H14N2O2S2. The van der Waals surface area contributed by atoms with Gasteiger partial charge in [0.2, 0.25) is 5.91 Å². The molecule has 0 saturated heterocycles. The minimum absolute atomic E-state index is 0.209. The van der Waals surface area contributed by atoms with Crippen molar-refractivity contribution in [3.63, 3.8) is 0 Å². The van der Waals surface area contributed by atoms with Gasteiger partial charge in [0.15, 0.2) is 0 Å². The summed E-state index contributed by atoms with van der Waals surface area (Å²) in [6.07, 6.45) is 0. The van der Waals surface area contributed by atoms with Crippen molar-refractivity contribution in [2.24, 2.45) is 11.1 Å². The van der Waals surface area contributed by atoms with E-state index in [-0.39, 0.29) is 12.5 Å². The highest BCUT2D eigenvalue weighted by molar-refractivity contribution is 7.80. The van der Waals surface area contributed by atoms with E-state index in [1.807, 2.05) is 0 Å². The molecule has 0 saturated carbocycles. The smallest absolute Gasteiger partial charge is 0.261 e. The van der Waals surface area contributed by atoms with Crippen molar-refractivity contribution >= 4 is 35.8 Å². The van der Waals surface area contributed by atoms with E-state index in [0.29, 0.717) is 4.88 Å². The van der Waals surface area contributed by atoms with Crippen molar-refractivity contribution in [1.29, 1.82) is 0 Å². The van der Waals surface area contributed by atoms with Gasteiger partial charge >= 0.3 is 0 Å². The van der Waals surface area contributed by atoms with E-state index in [1.165, 1.54) is 11.3 Å². The van der Waals surface area contributed by atoms with Gasteiger partial charge < -0.3 is 11.1 Å². The molecule has 0 aliphatic rings. The maximum Gasteiger partial charge on any atom is 0.261 e. The van der Waals surface area contributed by atoms with Gasteiger partial charge in [-0.1, -0.05) is 0 Å². The molecule has 0 aliphatic carbocycles. The SMILES string of the molecule is CC(C)(CNC(=O)c1cc(S)cs1)C(N)=O. The van der Waals surface area contributed by atoms with Crippen LogP contribution in [0.1, 0.15) is 23.5 Å². The molecule has 0 spiro atoms. The zero-order valence-electron chi connectivity index (χ0n) is 9.11. The Balaban J connectivity index is 2.57. The number of amides is 2. The molecule has 4 nitrogen and oxygen atoms in total. The second kappa shape index (κ2) is 4.88. The Morgan fingerprint density at radius 3 is 2.62 bits per heavy atom. The van der Waals surface area contributed by atoms with E-state index < -0.39 is 11.3 Å². The predicted molar refractivity (Wildman–Crippen MR) is 66.9 cm³/mol. The number of nitrogens with two attached hydrogens (primary N) is 1. The van der Waals surface area contributed by atoms with Crippen LogP contribution in [-0.2, 0) is 4.79 Å². The Hall–Kier alpha value is -1.01. The van der Waals surface area contributed by atoms with Gasteiger partial charge in [-0.15, -0.1) is 24.0 Å². The van der Waals surface area contributed by atoms with Crippen molar-refractivity contribution in [3.8, 4) is 0 Å². The summed E-state index contributed by atoms with van der Waals surface area (Å²) >= 11 is 5.43. The Morgan fingerprint density at radius 2 is 2.19 bits per heavy atom. The molecule has 3 N–H and O–H groups in total. The molecule has 0 atom stereocenters. The summed E-state index contributed by atoms with van der Waals surface area (Å²) in [5, 5.41) is 4.45. The third-order valence-electron chi connectivity index (χ3n) is 2.17. The third-order valence-corrected chi connectivity index (χ3v) is 3.53. The largest absolute Gasteiger partial charge is 0.369 e. The third kappa shape index (κ3) is 3.24. The molecule has 0 aromatic carbocycles. The lowest BCUT2D eigenvalue weighted by molar-refractivity contribution is -0.125. The molecular weight excluding hydrogens is 244 g/mol. The summed E-state index contributed by atoms with van der Waals surface area (Å²) in [6, 6.07) is 1.68. The Kier molecular flexibility index (Phi) is 3.98. The maximum atomic E-state index is 11.6. The van der Waals surface area contributed by atoms with E-state index >= 15 is 0 Å². The molecule has 1 heterocycles. The van der Waals surface area contributed by atoms with Gasteiger partial charge in [-0.05, 0) is 19.9 Å². The average molecular weight is 258 g/mol. The molecule has 16 heavy (non-hydrogen) atoms. The summed E-state index contributed by atoms with van der Waals surface area (Å²) in [6.45, 7) is 3.60. The van der Waals surface area contributed by atoms with Gasteiger partial charge in [0, 0.05) is 16.8 Å². The topological polar surface area (TPSA) is 72.2 Å². The molecule has 6 heteroatoms. The monoisotopic (exact) mass is 258 g/mol. The standard InChI is InChI=1S/C10H14N2O2S2/c1-10(2,9(11)14)5-12-8(13)7-3-6(15)4-16-7/h3-4,15H,5H2,1-2H3,(H2,11,14)(H,12,13). The molecule has 1 rings (SSSR count). The fourth-order valence-corrected chi connectivity index (χ4v) is 1.99. The zero-order chi connectivity index (χ0) is 12.3. The van der Waals surface area contributed by atoms with Crippen molar-refractivity contribution in [2.75, 3.05) is 6.54 Å². The van der Waals surface area contributed by atoms with Crippen LogP contribution in [0.5, 0.6) is 0 Å². The van der Waals surface area contributed by atoms with Crippen LogP contribution >= 0.6 is 24.0 Å². The van der Waals surface area contributed by atoms with E-state index in [0.717, 1.165) is 4.90 Å². The van der Waals surface area contributed by atoms with Crippen LogP contribution in [-0.4, -0.2) is 18.4 Å². The Labute approximate surface area is 104 Å². The lowest BCUT2D eigenvalue weighted by Crippen LogP contribution is -2.42. The van der Waals surface area contributed by atoms with Crippen LogP contribution in [0.15, 0.2) is 16.3 Å². The summed E-state index contributed by atoms with van der Waals surface area (Å²) in [4.78, 5) is 24.0. The van der Waals surface area contributed by atoms with E-state index in [4.69, 9.17) is 5.73 Å². The van der Waals surface area contributed by atoms with Crippen molar-refractivity contribution in [3.05, 3.63) is 16.3 Å². The summed E-state index contributed by atoms with van der Waals surface area (Å²) < 4.78 is 0. The highest BCUT2D eigenvalue weighted by Crippen LogP contribution is 2.18. The van der Waals surface area contributed by atoms with Crippen LogP contribution in [0.3, 0.4) is 0 Å². The van der Waals surface area contributed by atoms with Crippen molar-refractivity contribution in [2.45, 2.75) is 18.7 Å². The summed E-state index contributed by atoms with van der Waals surface area (Å²) in [5.74, 6) is -0.645. The fraction of sp³-hybridized carbons (Fsp3) is 0.400. The summed E-state index contributed by atoms with van der Waals surface area (Å²) in [5.41, 5.74) is 4.46. The number of primary amides is 1. The minimum atomic E-state index is -0.739. The minimum Gasteiger partial charge on any atom is -0.369 e. The van der Waals surface area contributed by atoms with Gasteiger partial charge in [0.25, 0.3) is 5.91 Å². The molecule has 0 bridgehead atoms. The molecule has 1 aromatic rings. The number of carbonyl (C=O) groups is 2.